The van der Waals surface area contributed by atoms with Crippen LogP contribution >= 0.6 is 0 Å². The molecule has 1 heterocycles. The second kappa shape index (κ2) is 7.39. The molecule has 1 aromatic rings. The minimum absolute atomic E-state index is 0.112. The van der Waals surface area contributed by atoms with Gasteiger partial charge in [-0.25, -0.2) is 0 Å². The standard InChI is InChI=1S/C18H29NO2/c1-18(2,21)11-9-15-5-7-16(8-6-15)14-19-12-3-4-17(20)10-13-19/h5-8,17,20-21H,3-4,9-14H2,1-2H3/t17-/m1/s1. The normalized spacial score (nSPS) is 21.2. The van der Waals surface area contributed by atoms with E-state index in [0.29, 0.717) is 0 Å². The van der Waals surface area contributed by atoms with Crippen LogP contribution in [0.1, 0.15) is 50.7 Å². The maximum Gasteiger partial charge on any atom is 0.0594 e. The largest absolute Gasteiger partial charge is 0.393 e. The zero-order chi connectivity index (χ0) is 15.3. The van der Waals surface area contributed by atoms with Crippen LogP contribution in [0.25, 0.3) is 0 Å². The molecule has 0 unspecified atom stereocenters. The molecule has 0 aliphatic carbocycles. The lowest BCUT2D eigenvalue weighted by Crippen LogP contribution is -2.24. The van der Waals surface area contributed by atoms with Crippen LogP contribution < -0.4 is 0 Å². The van der Waals surface area contributed by atoms with E-state index in [1.165, 1.54) is 11.1 Å². The molecular formula is C18H29NO2. The summed E-state index contributed by atoms with van der Waals surface area (Å²) in [5.41, 5.74) is 2.02. The van der Waals surface area contributed by atoms with Crippen LogP contribution in [0.5, 0.6) is 0 Å². The molecule has 3 heteroatoms. The van der Waals surface area contributed by atoms with E-state index < -0.39 is 5.60 Å². The van der Waals surface area contributed by atoms with Crippen molar-refractivity contribution in [2.24, 2.45) is 0 Å². The molecule has 2 rings (SSSR count). The van der Waals surface area contributed by atoms with Crippen LogP contribution in [0.15, 0.2) is 24.3 Å². The fraction of sp³-hybridized carbons (Fsp3) is 0.667. The summed E-state index contributed by atoms with van der Waals surface area (Å²) in [6.45, 7) is 6.75. The van der Waals surface area contributed by atoms with Crippen LogP contribution in [0.3, 0.4) is 0 Å². The zero-order valence-corrected chi connectivity index (χ0v) is 13.4. The number of aliphatic hydroxyl groups is 2. The lowest BCUT2D eigenvalue weighted by molar-refractivity contribution is 0.0714. The molecule has 0 bridgehead atoms. The van der Waals surface area contributed by atoms with Gasteiger partial charge >= 0.3 is 0 Å². The molecule has 0 radical (unpaired) electrons. The topological polar surface area (TPSA) is 43.7 Å². The molecule has 1 fully saturated rings. The number of likely N-dealkylation sites (tertiary alicyclic amines) is 1. The molecular weight excluding hydrogens is 262 g/mol. The summed E-state index contributed by atoms with van der Waals surface area (Å²) in [6, 6.07) is 8.74. The number of aryl methyl sites for hydroxylation is 1. The third kappa shape index (κ3) is 6.16. The predicted octanol–water partition coefficient (Wildman–Crippen LogP) is 2.74. The van der Waals surface area contributed by atoms with Crippen molar-refractivity contribution in [1.82, 2.24) is 4.90 Å². The van der Waals surface area contributed by atoms with Gasteiger partial charge in [0.2, 0.25) is 0 Å². The summed E-state index contributed by atoms with van der Waals surface area (Å²) in [5, 5.41) is 19.5. The van der Waals surface area contributed by atoms with E-state index in [0.717, 1.165) is 51.7 Å². The summed E-state index contributed by atoms with van der Waals surface area (Å²) in [6.07, 6.45) is 4.51. The Morgan fingerprint density at radius 3 is 2.43 bits per heavy atom. The Hall–Kier alpha value is -0.900. The Bertz CT molecular complexity index is 422. The lowest BCUT2D eigenvalue weighted by atomic mass is 9.98. The quantitative estimate of drug-likeness (QED) is 0.876. The first-order chi connectivity index (χ1) is 9.92. The van der Waals surface area contributed by atoms with Crippen molar-refractivity contribution in [1.29, 1.82) is 0 Å². The monoisotopic (exact) mass is 291 g/mol. The molecule has 0 saturated carbocycles. The van der Waals surface area contributed by atoms with E-state index in [9.17, 15) is 10.2 Å². The number of aliphatic hydroxyl groups excluding tert-OH is 1. The Balaban J connectivity index is 1.84. The van der Waals surface area contributed by atoms with Gasteiger partial charge in [-0.3, -0.25) is 4.90 Å². The third-order valence-electron chi connectivity index (χ3n) is 4.24. The number of nitrogens with zero attached hydrogens (tertiary/aromatic N) is 1. The second-order valence-electron chi connectivity index (χ2n) is 6.99. The number of hydrogen-bond donors (Lipinski definition) is 2. The molecule has 1 aromatic carbocycles. The first kappa shape index (κ1) is 16.5. The molecule has 1 atom stereocenters. The molecule has 2 N–H and O–H groups in total. The van der Waals surface area contributed by atoms with Gasteiger partial charge in [-0.1, -0.05) is 24.3 Å². The minimum atomic E-state index is -0.592. The van der Waals surface area contributed by atoms with E-state index in [2.05, 4.69) is 29.2 Å². The highest BCUT2D eigenvalue weighted by atomic mass is 16.3. The summed E-state index contributed by atoms with van der Waals surface area (Å²) < 4.78 is 0. The molecule has 0 amide bonds. The van der Waals surface area contributed by atoms with Crippen LogP contribution in [0, 0.1) is 0 Å². The Kier molecular flexibility index (Phi) is 5.80. The molecule has 1 aliphatic rings. The molecule has 0 spiro atoms. The van der Waals surface area contributed by atoms with Gasteiger partial charge in [-0.15, -0.1) is 0 Å². The Labute approximate surface area is 128 Å². The highest BCUT2D eigenvalue weighted by Gasteiger charge is 2.15. The van der Waals surface area contributed by atoms with Crippen LogP contribution in [0.2, 0.25) is 0 Å². The average molecular weight is 291 g/mol. The van der Waals surface area contributed by atoms with Gasteiger partial charge in [0.15, 0.2) is 0 Å². The van der Waals surface area contributed by atoms with Gasteiger partial charge in [-0.2, -0.15) is 0 Å². The smallest absolute Gasteiger partial charge is 0.0594 e. The van der Waals surface area contributed by atoms with Gasteiger partial charge in [0.05, 0.1) is 11.7 Å². The maximum atomic E-state index is 9.77. The van der Waals surface area contributed by atoms with Gasteiger partial charge in [0, 0.05) is 13.1 Å². The third-order valence-corrected chi connectivity index (χ3v) is 4.24. The molecule has 118 valence electrons. The molecule has 3 nitrogen and oxygen atoms in total. The van der Waals surface area contributed by atoms with Crippen molar-refractivity contribution in [3.05, 3.63) is 35.4 Å². The molecule has 1 saturated heterocycles. The van der Waals surface area contributed by atoms with Gasteiger partial charge in [0.1, 0.15) is 0 Å². The van der Waals surface area contributed by atoms with Gasteiger partial charge in [0.25, 0.3) is 0 Å². The van der Waals surface area contributed by atoms with Crippen molar-refractivity contribution in [2.45, 2.75) is 64.2 Å². The fourth-order valence-electron chi connectivity index (χ4n) is 2.82. The maximum absolute atomic E-state index is 9.77. The minimum Gasteiger partial charge on any atom is -0.393 e. The number of rotatable bonds is 5. The van der Waals surface area contributed by atoms with Gasteiger partial charge < -0.3 is 10.2 Å². The lowest BCUT2D eigenvalue weighted by Gasteiger charge is -2.20. The number of hydrogen-bond acceptors (Lipinski definition) is 3. The van der Waals surface area contributed by atoms with Crippen molar-refractivity contribution in [3.63, 3.8) is 0 Å². The van der Waals surface area contributed by atoms with E-state index in [4.69, 9.17) is 0 Å². The van der Waals surface area contributed by atoms with E-state index in [1.807, 2.05) is 13.8 Å². The first-order valence-electron chi connectivity index (χ1n) is 8.13. The predicted molar refractivity (Wildman–Crippen MR) is 86.2 cm³/mol. The van der Waals surface area contributed by atoms with E-state index >= 15 is 0 Å². The Morgan fingerprint density at radius 2 is 1.76 bits per heavy atom. The fourth-order valence-corrected chi connectivity index (χ4v) is 2.82. The average Bonchev–Trinajstić information content (AvgIpc) is 2.62. The summed E-state index contributed by atoms with van der Waals surface area (Å²) in [4.78, 5) is 2.43. The summed E-state index contributed by atoms with van der Waals surface area (Å²) >= 11 is 0. The molecule has 0 aromatic heterocycles. The van der Waals surface area contributed by atoms with Crippen molar-refractivity contribution in [2.75, 3.05) is 13.1 Å². The number of benzene rings is 1. The SMILES string of the molecule is CC(C)(O)CCc1ccc(CN2CCC[C@@H](O)CC2)cc1. The van der Waals surface area contributed by atoms with Gasteiger partial charge in [-0.05, 0) is 63.6 Å². The second-order valence-corrected chi connectivity index (χ2v) is 6.99. The van der Waals surface area contributed by atoms with Crippen LogP contribution in [-0.4, -0.2) is 39.9 Å². The molecule has 1 aliphatic heterocycles. The van der Waals surface area contributed by atoms with Crippen LogP contribution in [0.4, 0.5) is 0 Å². The van der Waals surface area contributed by atoms with Crippen molar-refractivity contribution < 1.29 is 10.2 Å². The highest BCUT2D eigenvalue weighted by molar-refractivity contribution is 5.22. The van der Waals surface area contributed by atoms with E-state index in [-0.39, 0.29) is 6.10 Å². The van der Waals surface area contributed by atoms with Crippen molar-refractivity contribution >= 4 is 0 Å². The summed E-state index contributed by atoms with van der Waals surface area (Å²) in [5.74, 6) is 0. The molecule has 21 heavy (non-hydrogen) atoms. The Morgan fingerprint density at radius 1 is 1.10 bits per heavy atom. The first-order valence-corrected chi connectivity index (χ1v) is 8.13. The van der Waals surface area contributed by atoms with Crippen LogP contribution in [-0.2, 0) is 13.0 Å². The van der Waals surface area contributed by atoms with Crippen molar-refractivity contribution in [3.8, 4) is 0 Å². The van der Waals surface area contributed by atoms with E-state index in [1.54, 1.807) is 0 Å². The zero-order valence-electron chi connectivity index (χ0n) is 13.4. The highest BCUT2D eigenvalue weighted by Crippen LogP contribution is 2.16. The summed E-state index contributed by atoms with van der Waals surface area (Å²) in [7, 11) is 0.